The minimum absolute atomic E-state index is 0.134. The first-order valence-corrected chi connectivity index (χ1v) is 7.87. The molecule has 1 N–H and O–H groups in total. The number of carboxylic acid groups (broad SMARTS) is 1. The lowest BCUT2D eigenvalue weighted by Crippen LogP contribution is -2.12. The number of hydrogen-bond acceptors (Lipinski definition) is 2. The number of rotatable bonds is 6. The zero-order valence-corrected chi connectivity index (χ0v) is 12.3. The van der Waals surface area contributed by atoms with Gasteiger partial charge in [-0.1, -0.05) is 54.6 Å². The standard InChI is InChI=1S/C17H18O2S/c1-20-16(12-17(18)19)11-13-7-9-15(10-8-13)14-5-3-2-4-6-14/h2-10,16H,11-12H2,1H3,(H,18,19). The number of thioether (sulfide) groups is 1. The van der Waals surface area contributed by atoms with Crippen molar-refractivity contribution in [1.29, 1.82) is 0 Å². The number of carbonyl (C=O) groups is 1. The van der Waals surface area contributed by atoms with E-state index in [-0.39, 0.29) is 11.7 Å². The van der Waals surface area contributed by atoms with Crippen LogP contribution in [-0.4, -0.2) is 22.6 Å². The Labute approximate surface area is 123 Å². The fourth-order valence-corrected chi connectivity index (χ4v) is 2.83. The van der Waals surface area contributed by atoms with Crippen LogP contribution in [0.25, 0.3) is 11.1 Å². The van der Waals surface area contributed by atoms with E-state index in [1.807, 2.05) is 24.5 Å². The first kappa shape index (κ1) is 14.7. The largest absolute Gasteiger partial charge is 0.481 e. The maximum Gasteiger partial charge on any atom is 0.304 e. The maximum atomic E-state index is 10.8. The summed E-state index contributed by atoms with van der Waals surface area (Å²) in [7, 11) is 0. The van der Waals surface area contributed by atoms with Gasteiger partial charge in [0.15, 0.2) is 0 Å². The zero-order valence-electron chi connectivity index (χ0n) is 11.5. The highest BCUT2D eigenvalue weighted by molar-refractivity contribution is 7.99. The lowest BCUT2D eigenvalue weighted by atomic mass is 10.0. The molecule has 1 unspecified atom stereocenters. The number of benzene rings is 2. The molecule has 2 rings (SSSR count). The lowest BCUT2D eigenvalue weighted by molar-refractivity contribution is -0.136. The smallest absolute Gasteiger partial charge is 0.304 e. The Kier molecular flexibility index (Phi) is 5.24. The molecule has 0 aliphatic carbocycles. The van der Waals surface area contributed by atoms with Gasteiger partial charge in [-0.15, -0.1) is 0 Å². The van der Waals surface area contributed by atoms with E-state index >= 15 is 0 Å². The second-order valence-corrected chi connectivity index (χ2v) is 5.86. The summed E-state index contributed by atoms with van der Waals surface area (Å²) < 4.78 is 0. The Hall–Kier alpha value is -1.74. The predicted octanol–water partition coefficient (Wildman–Crippen LogP) is 4.10. The summed E-state index contributed by atoms with van der Waals surface area (Å²) in [6, 6.07) is 18.6. The van der Waals surface area contributed by atoms with E-state index in [4.69, 9.17) is 5.11 Å². The Morgan fingerprint density at radius 1 is 1.05 bits per heavy atom. The molecule has 0 aliphatic heterocycles. The summed E-state index contributed by atoms with van der Waals surface area (Å²) in [5, 5.41) is 9.01. The van der Waals surface area contributed by atoms with Crippen molar-refractivity contribution in [2.75, 3.05) is 6.26 Å². The van der Waals surface area contributed by atoms with Crippen molar-refractivity contribution < 1.29 is 9.90 Å². The predicted molar refractivity (Wildman–Crippen MR) is 85.1 cm³/mol. The molecular formula is C17H18O2S. The van der Waals surface area contributed by atoms with Crippen molar-refractivity contribution in [3.8, 4) is 11.1 Å². The van der Waals surface area contributed by atoms with E-state index in [9.17, 15) is 4.79 Å². The molecule has 104 valence electrons. The van der Waals surface area contributed by atoms with Crippen LogP contribution in [0.3, 0.4) is 0 Å². The second-order valence-electron chi connectivity index (χ2n) is 4.72. The third kappa shape index (κ3) is 4.14. The van der Waals surface area contributed by atoms with Crippen molar-refractivity contribution in [2.45, 2.75) is 18.1 Å². The lowest BCUT2D eigenvalue weighted by Gasteiger charge is -2.12. The van der Waals surface area contributed by atoms with Gasteiger partial charge in [-0.05, 0) is 29.4 Å². The summed E-state index contributed by atoms with van der Waals surface area (Å²) in [6.45, 7) is 0. The molecule has 1 atom stereocenters. The van der Waals surface area contributed by atoms with Gasteiger partial charge in [0.05, 0.1) is 6.42 Å². The molecule has 0 aromatic heterocycles. The van der Waals surface area contributed by atoms with Crippen LogP contribution >= 0.6 is 11.8 Å². The van der Waals surface area contributed by atoms with Gasteiger partial charge in [-0.3, -0.25) is 4.79 Å². The summed E-state index contributed by atoms with van der Waals surface area (Å²) in [6.07, 6.45) is 2.97. The second kappa shape index (κ2) is 7.15. The molecule has 2 aromatic rings. The molecule has 0 saturated carbocycles. The normalized spacial score (nSPS) is 12.1. The van der Waals surface area contributed by atoms with Crippen LogP contribution in [-0.2, 0) is 11.2 Å². The van der Waals surface area contributed by atoms with Crippen LogP contribution in [0.1, 0.15) is 12.0 Å². The fourth-order valence-electron chi connectivity index (χ4n) is 2.16. The molecule has 0 aliphatic rings. The van der Waals surface area contributed by atoms with E-state index < -0.39 is 5.97 Å². The number of carboxylic acids is 1. The van der Waals surface area contributed by atoms with E-state index in [0.717, 1.165) is 6.42 Å². The minimum Gasteiger partial charge on any atom is -0.481 e. The number of hydrogen-bond donors (Lipinski definition) is 1. The third-order valence-electron chi connectivity index (χ3n) is 3.26. The minimum atomic E-state index is -0.731. The van der Waals surface area contributed by atoms with Crippen molar-refractivity contribution >= 4 is 17.7 Å². The maximum absolute atomic E-state index is 10.8. The van der Waals surface area contributed by atoms with Gasteiger partial charge in [0.2, 0.25) is 0 Å². The first-order chi connectivity index (χ1) is 9.69. The molecule has 2 nitrogen and oxygen atoms in total. The van der Waals surface area contributed by atoms with Gasteiger partial charge in [0.25, 0.3) is 0 Å². The molecular weight excluding hydrogens is 268 g/mol. The van der Waals surface area contributed by atoms with Gasteiger partial charge < -0.3 is 5.11 Å². The quantitative estimate of drug-likeness (QED) is 0.868. The SMILES string of the molecule is CSC(CC(=O)O)Cc1ccc(-c2ccccc2)cc1. The van der Waals surface area contributed by atoms with E-state index in [0.29, 0.717) is 0 Å². The number of aliphatic carboxylic acids is 1. The van der Waals surface area contributed by atoms with Crippen LogP contribution in [0.2, 0.25) is 0 Å². The van der Waals surface area contributed by atoms with Crippen molar-refractivity contribution in [3.63, 3.8) is 0 Å². The molecule has 2 aromatic carbocycles. The summed E-state index contributed by atoms with van der Waals surface area (Å²) in [4.78, 5) is 10.8. The van der Waals surface area contributed by atoms with Gasteiger partial charge in [0, 0.05) is 5.25 Å². The molecule has 20 heavy (non-hydrogen) atoms. The van der Waals surface area contributed by atoms with E-state index in [1.54, 1.807) is 11.8 Å². The van der Waals surface area contributed by atoms with Gasteiger partial charge in [0.1, 0.15) is 0 Å². The highest BCUT2D eigenvalue weighted by Crippen LogP contribution is 2.22. The Balaban J connectivity index is 2.06. The highest BCUT2D eigenvalue weighted by Gasteiger charge is 2.12. The molecule has 0 spiro atoms. The van der Waals surface area contributed by atoms with Gasteiger partial charge >= 0.3 is 5.97 Å². The van der Waals surface area contributed by atoms with E-state index in [1.165, 1.54) is 16.7 Å². The van der Waals surface area contributed by atoms with Crippen molar-refractivity contribution in [2.24, 2.45) is 0 Å². The van der Waals surface area contributed by atoms with Crippen LogP contribution < -0.4 is 0 Å². The molecule has 0 bridgehead atoms. The molecule has 0 fully saturated rings. The molecule has 3 heteroatoms. The molecule has 0 saturated heterocycles. The van der Waals surface area contributed by atoms with E-state index in [2.05, 4.69) is 36.4 Å². The molecule has 0 amide bonds. The van der Waals surface area contributed by atoms with Crippen molar-refractivity contribution in [3.05, 3.63) is 60.2 Å². The summed E-state index contributed by atoms with van der Waals surface area (Å²) >= 11 is 1.61. The van der Waals surface area contributed by atoms with Crippen LogP contribution in [0.15, 0.2) is 54.6 Å². The Morgan fingerprint density at radius 3 is 2.20 bits per heavy atom. The first-order valence-electron chi connectivity index (χ1n) is 6.58. The average Bonchev–Trinajstić information content (AvgIpc) is 2.48. The molecule has 0 heterocycles. The van der Waals surface area contributed by atoms with Crippen LogP contribution in [0.4, 0.5) is 0 Å². The molecule has 0 radical (unpaired) electrons. The topological polar surface area (TPSA) is 37.3 Å². The van der Waals surface area contributed by atoms with Crippen LogP contribution in [0, 0.1) is 0 Å². The summed E-state index contributed by atoms with van der Waals surface area (Å²) in [5.74, 6) is -0.731. The third-order valence-corrected chi connectivity index (χ3v) is 4.26. The monoisotopic (exact) mass is 286 g/mol. The van der Waals surface area contributed by atoms with Crippen molar-refractivity contribution in [1.82, 2.24) is 0 Å². The Morgan fingerprint density at radius 2 is 1.65 bits per heavy atom. The van der Waals surface area contributed by atoms with Crippen LogP contribution in [0.5, 0.6) is 0 Å². The summed E-state index contributed by atoms with van der Waals surface area (Å²) in [5.41, 5.74) is 3.57. The Bertz CT molecular complexity index is 549. The average molecular weight is 286 g/mol. The fraction of sp³-hybridized carbons (Fsp3) is 0.235. The highest BCUT2D eigenvalue weighted by atomic mass is 32.2. The van der Waals surface area contributed by atoms with Gasteiger partial charge in [-0.25, -0.2) is 0 Å². The van der Waals surface area contributed by atoms with Gasteiger partial charge in [-0.2, -0.15) is 11.8 Å². The zero-order chi connectivity index (χ0) is 14.4.